The normalized spacial score (nSPS) is 12.3. The van der Waals surface area contributed by atoms with Crippen molar-refractivity contribution in [2.45, 2.75) is 18.2 Å². The lowest BCUT2D eigenvalue weighted by atomic mass is 10.1. The second-order valence-corrected chi connectivity index (χ2v) is 6.25. The number of amides is 1. The van der Waals surface area contributed by atoms with Gasteiger partial charge < -0.3 is 9.32 Å². The van der Waals surface area contributed by atoms with E-state index >= 15 is 0 Å². The van der Waals surface area contributed by atoms with E-state index in [0.29, 0.717) is 11.0 Å². The minimum atomic E-state index is 0.0351. The van der Waals surface area contributed by atoms with Crippen LogP contribution < -0.4 is 0 Å². The summed E-state index contributed by atoms with van der Waals surface area (Å²) >= 11 is 1.33. The first-order valence-electron chi connectivity index (χ1n) is 7.44. The van der Waals surface area contributed by atoms with Gasteiger partial charge in [-0.3, -0.25) is 4.79 Å². The minimum Gasteiger partial charge on any atom is -0.431 e. The topological polar surface area (TPSA) is 46.3 Å². The Labute approximate surface area is 139 Å². The van der Waals surface area contributed by atoms with Crippen LogP contribution in [-0.4, -0.2) is 28.6 Å². The number of carbonyl (C=O) groups is 1. The molecule has 0 aliphatic carbocycles. The van der Waals surface area contributed by atoms with Gasteiger partial charge in [0, 0.05) is 7.05 Å². The fourth-order valence-corrected chi connectivity index (χ4v) is 3.07. The standard InChI is InChI=1S/C18H18N2O2S/c1-13(14-8-4-3-5-9-14)20(2)17(21)12-23-18-19-15-10-6-7-11-16(15)22-18/h3-11,13H,12H2,1-2H3. The molecule has 23 heavy (non-hydrogen) atoms. The Bertz CT molecular complexity index is 768. The number of para-hydroxylation sites is 2. The van der Waals surface area contributed by atoms with Crippen LogP contribution in [-0.2, 0) is 4.79 Å². The molecule has 0 saturated carbocycles. The van der Waals surface area contributed by atoms with Crippen LogP contribution in [0.25, 0.3) is 11.1 Å². The van der Waals surface area contributed by atoms with E-state index < -0.39 is 0 Å². The molecule has 3 rings (SSSR count). The molecule has 1 unspecified atom stereocenters. The van der Waals surface area contributed by atoms with Crippen molar-refractivity contribution >= 4 is 28.8 Å². The van der Waals surface area contributed by atoms with E-state index in [0.717, 1.165) is 16.7 Å². The Morgan fingerprint density at radius 3 is 2.61 bits per heavy atom. The van der Waals surface area contributed by atoms with E-state index in [1.54, 1.807) is 4.90 Å². The highest BCUT2D eigenvalue weighted by atomic mass is 32.2. The zero-order valence-electron chi connectivity index (χ0n) is 13.1. The van der Waals surface area contributed by atoms with Gasteiger partial charge in [0.1, 0.15) is 5.52 Å². The first-order valence-corrected chi connectivity index (χ1v) is 8.42. The number of benzene rings is 2. The number of aromatic nitrogens is 1. The van der Waals surface area contributed by atoms with Crippen LogP contribution >= 0.6 is 11.8 Å². The quantitative estimate of drug-likeness (QED) is 0.661. The molecule has 0 bridgehead atoms. The highest BCUT2D eigenvalue weighted by Gasteiger charge is 2.18. The summed E-state index contributed by atoms with van der Waals surface area (Å²) in [7, 11) is 1.83. The molecule has 0 fully saturated rings. The smallest absolute Gasteiger partial charge is 0.257 e. The van der Waals surface area contributed by atoms with Crippen LogP contribution in [0.1, 0.15) is 18.5 Å². The first kappa shape index (κ1) is 15.6. The molecule has 2 aromatic carbocycles. The second-order valence-electron chi connectivity index (χ2n) is 5.33. The average Bonchev–Trinajstić information content (AvgIpc) is 3.02. The van der Waals surface area contributed by atoms with Crippen LogP contribution in [0.5, 0.6) is 0 Å². The third-order valence-corrected chi connectivity index (χ3v) is 4.66. The number of nitrogens with zero attached hydrogens (tertiary/aromatic N) is 2. The predicted molar refractivity (Wildman–Crippen MR) is 92.4 cm³/mol. The summed E-state index contributed by atoms with van der Waals surface area (Å²) in [5.74, 6) is 0.356. The van der Waals surface area contributed by atoms with Crippen molar-refractivity contribution in [3.8, 4) is 0 Å². The molecule has 1 atom stereocenters. The molecule has 0 saturated heterocycles. The van der Waals surface area contributed by atoms with Gasteiger partial charge in [0.05, 0.1) is 11.8 Å². The van der Waals surface area contributed by atoms with Crippen molar-refractivity contribution in [3.05, 3.63) is 60.2 Å². The predicted octanol–water partition coefficient (Wildman–Crippen LogP) is 4.14. The molecule has 118 valence electrons. The molecule has 0 aliphatic rings. The van der Waals surface area contributed by atoms with Crippen molar-refractivity contribution in [1.29, 1.82) is 0 Å². The molecular formula is C18H18N2O2S. The average molecular weight is 326 g/mol. The van der Waals surface area contributed by atoms with Crippen molar-refractivity contribution in [2.24, 2.45) is 0 Å². The lowest BCUT2D eigenvalue weighted by Crippen LogP contribution is -2.31. The van der Waals surface area contributed by atoms with E-state index in [4.69, 9.17) is 4.42 Å². The molecule has 5 heteroatoms. The van der Waals surface area contributed by atoms with E-state index in [1.165, 1.54) is 11.8 Å². The number of hydrogen-bond acceptors (Lipinski definition) is 4. The SMILES string of the molecule is CC(c1ccccc1)N(C)C(=O)CSc1nc2ccccc2o1. The summed E-state index contributed by atoms with van der Waals surface area (Å²) in [6.45, 7) is 2.03. The molecule has 4 nitrogen and oxygen atoms in total. The van der Waals surface area contributed by atoms with Gasteiger partial charge >= 0.3 is 0 Å². The van der Waals surface area contributed by atoms with Gasteiger partial charge in [-0.1, -0.05) is 54.2 Å². The van der Waals surface area contributed by atoms with Crippen LogP contribution in [0, 0.1) is 0 Å². The number of thioether (sulfide) groups is 1. The Kier molecular flexibility index (Phi) is 4.67. The number of hydrogen-bond donors (Lipinski definition) is 0. The maximum Gasteiger partial charge on any atom is 0.257 e. The molecule has 0 N–H and O–H groups in total. The van der Waals surface area contributed by atoms with Crippen LogP contribution in [0.4, 0.5) is 0 Å². The van der Waals surface area contributed by atoms with Crippen molar-refractivity contribution in [1.82, 2.24) is 9.88 Å². The van der Waals surface area contributed by atoms with Gasteiger partial charge in [0.15, 0.2) is 5.58 Å². The Hall–Kier alpha value is -2.27. The minimum absolute atomic E-state index is 0.0351. The summed E-state index contributed by atoms with van der Waals surface area (Å²) in [6.07, 6.45) is 0. The number of oxazole rings is 1. The molecule has 0 spiro atoms. The Morgan fingerprint density at radius 2 is 1.87 bits per heavy atom. The van der Waals surface area contributed by atoms with Gasteiger partial charge in [-0.25, -0.2) is 4.98 Å². The highest BCUT2D eigenvalue weighted by Crippen LogP contribution is 2.25. The molecular weight excluding hydrogens is 308 g/mol. The van der Waals surface area contributed by atoms with Crippen LogP contribution in [0.2, 0.25) is 0 Å². The Balaban J connectivity index is 1.62. The summed E-state index contributed by atoms with van der Waals surface area (Å²) < 4.78 is 5.62. The zero-order chi connectivity index (χ0) is 16.2. The summed E-state index contributed by atoms with van der Waals surface area (Å²) in [5.41, 5.74) is 2.68. The van der Waals surface area contributed by atoms with Gasteiger partial charge in [0.2, 0.25) is 5.91 Å². The number of fused-ring (bicyclic) bond motifs is 1. The fourth-order valence-electron chi connectivity index (χ4n) is 2.31. The largest absolute Gasteiger partial charge is 0.431 e. The zero-order valence-corrected chi connectivity index (χ0v) is 13.9. The fraction of sp³-hybridized carbons (Fsp3) is 0.222. The lowest BCUT2D eigenvalue weighted by Gasteiger charge is -2.25. The van der Waals surface area contributed by atoms with Crippen molar-refractivity contribution in [2.75, 3.05) is 12.8 Å². The van der Waals surface area contributed by atoms with E-state index in [1.807, 2.05) is 68.6 Å². The third kappa shape index (κ3) is 3.56. The summed E-state index contributed by atoms with van der Waals surface area (Å²) in [6, 6.07) is 17.6. The maximum absolute atomic E-state index is 12.4. The van der Waals surface area contributed by atoms with Gasteiger partial charge in [0.25, 0.3) is 5.22 Å². The van der Waals surface area contributed by atoms with E-state index in [9.17, 15) is 4.79 Å². The molecule has 3 aromatic rings. The second kappa shape index (κ2) is 6.87. The van der Waals surface area contributed by atoms with Crippen LogP contribution in [0.15, 0.2) is 64.2 Å². The van der Waals surface area contributed by atoms with Crippen molar-refractivity contribution < 1.29 is 9.21 Å². The molecule has 1 aromatic heterocycles. The number of carbonyl (C=O) groups excluding carboxylic acids is 1. The molecule has 1 heterocycles. The Morgan fingerprint density at radius 1 is 1.17 bits per heavy atom. The highest BCUT2D eigenvalue weighted by molar-refractivity contribution is 7.99. The summed E-state index contributed by atoms with van der Waals surface area (Å²) in [4.78, 5) is 18.5. The third-order valence-electron chi connectivity index (χ3n) is 3.85. The maximum atomic E-state index is 12.4. The first-order chi connectivity index (χ1) is 11.1. The van der Waals surface area contributed by atoms with Crippen LogP contribution in [0.3, 0.4) is 0 Å². The number of rotatable bonds is 5. The molecule has 0 radical (unpaired) electrons. The molecule has 1 amide bonds. The van der Waals surface area contributed by atoms with Gasteiger partial charge in [-0.05, 0) is 24.6 Å². The van der Waals surface area contributed by atoms with Gasteiger partial charge in [-0.15, -0.1) is 0 Å². The summed E-state index contributed by atoms with van der Waals surface area (Å²) in [5, 5.41) is 0.528. The van der Waals surface area contributed by atoms with E-state index in [2.05, 4.69) is 4.98 Å². The monoisotopic (exact) mass is 326 g/mol. The molecule has 0 aliphatic heterocycles. The van der Waals surface area contributed by atoms with E-state index in [-0.39, 0.29) is 11.9 Å². The lowest BCUT2D eigenvalue weighted by molar-refractivity contribution is -0.128. The van der Waals surface area contributed by atoms with Gasteiger partial charge in [-0.2, -0.15) is 0 Å². The van der Waals surface area contributed by atoms with Crippen molar-refractivity contribution in [3.63, 3.8) is 0 Å².